The SMILES string of the molecule is COc1ccc(C2=NN(c3ccccc3)C(c3cc(Br)ccc3O)C2)cc1. The van der Waals surface area contributed by atoms with Crippen molar-refractivity contribution in [3.8, 4) is 11.5 Å². The van der Waals surface area contributed by atoms with Crippen molar-refractivity contribution in [3.05, 3.63) is 88.4 Å². The molecule has 0 saturated carbocycles. The lowest BCUT2D eigenvalue weighted by Crippen LogP contribution is -2.18. The topological polar surface area (TPSA) is 45.1 Å². The number of para-hydroxylation sites is 1. The molecule has 0 fully saturated rings. The number of phenolic OH excluding ortho intramolecular Hbond substituents is 1. The first-order valence-corrected chi connectivity index (χ1v) is 9.49. The lowest BCUT2D eigenvalue weighted by molar-refractivity contribution is 0.415. The lowest BCUT2D eigenvalue weighted by Gasteiger charge is -2.24. The number of aromatic hydroxyl groups is 1. The van der Waals surface area contributed by atoms with E-state index in [-0.39, 0.29) is 11.8 Å². The fourth-order valence-corrected chi connectivity index (χ4v) is 3.70. The number of nitrogens with zero attached hydrogens (tertiary/aromatic N) is 2. The lowest BCUT2D eigenvalue weighted by atomic mass is 9.97. The van der Waals surface area contributed by atoms with Crippen LogP contribution in [-0.4, -0.2) is 17.9 Å². The van der Waals surface area contributed by atoms with Crippen molar-refractivity contribution >= 4 is 27.3 Å². The Labute approximate surface area is 166 Å². The van der Waals surface area contributed by atoms with Crippen LogP contribution < -0.4 is 9.75 Å². The summed E-state index contributed by atoms with van der Waals surface area (Å²) in [7, 11) is 1.66. The quantitative estimate of drug-likeness (QED) is 0.601. The number of ether oxygens (including phenoxy) is 1. The summed E-state index contributed by atoms with van der Waals surface area (Å²) in [6, 6.07) is 23.4. The molecule has 0 bridgehead atoms. The molecule has 136 valence electrons. The van der Waals surface area contributed by atoms with Gasteiger partial charge in [-0.25, -0.2) is 0 Å². The van der Waals surface area contributed by atoms with Gasteiger partial charge in [-0.3, -0.25) is 5.01 Å². The molecule has 5 heteroatoms. The maximum absolute atomic E-state index is 10.5. The van der Waals surface area contributed by atoms with Crippen LogP contribution in [0.4, 0.5) is 5.69 Å². The van der Waals surface area contributed by atoms with Gasteiger partial charge in [-0.05, 0) is 60.2 Å². The minimum atomic E-state index is -0.0815. The van der Waals surface area contributed by atoms with E-state index >= 15 is 0 Å². The number of benzene rings is 3. The van der Waals surface area contributed by atoms with Crippen LogP contribution in [0.25, 0.3) is 0 Å². The number of rotatable bonds is 4. The average Bonchev–Trinajstić information content (AvgIpc) is 3.16. The Morgan fingerprint density at radius 1 is 1.04 bits per heavy atom. The summed E-state index contributed by atoms with van der Waals surface area (Å²) in [6.45, 7) is 0. The molecule has 0 radical (unpaired) electrons. The minimum Gasteiger partial charge on any atom is -0.508 e. The standard InChI is InChI=1S/C22H19BrN2O2/c1-27-18-10-7-15(8-11-18)20-14-21(19-13-16(23)9-12-22(19)26)25(24-20)17-5-3-2-4-6-17/h2-13,21,26H,14H2,1H3. The smallest absolute Gasteiger partial charge is 0.121 e. The average molecular weight is 423 g/mol. The van der Waals surface area contributed by atoms with Crippen LogP contribution >= 0.6 is 15.9 Å². The molecule has 0 aromatic heterocycles. The summed E-state index contributed by atoms with van der Waals surface area (Å²) in [5.74, 6) is 1.09. The maximum Gasteiger partial charge on any atom is 0.121 e. The highest BCUT2D eigenvalue weighted by Gasteiger charge is 2.31. The first-order valence-electron chi connectivity index (χ1n) is 8.70. The van der Waals surface area contributed by atoms with E-state index in [1.165, 1.54) is 0 Å². The van der Waals surface area contributed by atoms with Gasteiger partial charge in [-0.1, -0.05) is 34.1 Å². The molecule has 1 unspecified atom stereocenters. The summed E-state index contributed by atoms with van der Waals surface area (Å²) >= 11 is 3.51. The Bertz CT molecular complexity index is 971. The van der Waals surface area contributed by atoms with Crippen LogP contribution in [0.2, 0.25) is 0 Å². The molecule has 3 aromatic rings. The maximum atomic E-state index is 10.5. The van der Waals surface area contributed by atoms with E-state index in [1.54, 1.807) is 13.2 Å². The monoisotopic (exact) mass is 422 g/mol. The number of methoxy groups -OCH3 is 1. The van der Waals surface area contributed by atoms with Crippen LogP contribution in [-0.2, 0) is 0 Å². The molecule has 0 amide bonds. The van der Waals surface area contributed by atoms with Gasteiger partial charge < -0.3 is 9.84 Å². The Kier molecular flexibility index (Phi) is 4.86. The number of hydrazone groups is 1. The highest BCUT2D eigenvalue weighted by Crippen LogP contribution is 2.40. The molecule has 27 heavy (non-hydrogen) atoms. The number of hydrogen-bond acceptors (Lipinski definition) is 4. The normalized spacial score (nSPS) is 16.3. The Morgan fingerprint density at radius 3 is 2.48 bits per heavy atom. The highest BCUT2D eigenvalue weighted by molar-refractivity contribution is 9.10. The van der Waals surface area contributed by atoms with Crippen molar-refractivity contribution in [1.82, 2.24) is 0 Å². The summed E-state index contributed by atoms with van der Waals surface area (Å²) in [4.78, 5) is 0. The largest absolute Gasteiger partial charge is 0.508 e. The molecule has 0 aliphatic carbocycles. The van der Waals surface area contributed by atoms with Crippen LogP contribution in [0, 0.1) is 0 Å². The fraction of sp³-hybridized carbons (Fsp3) is 0.136. The Balaban J connectivity index is 1.76. The van der Waals surface area contributed by atoms with Gasteiger partial charge in [0.1, 0.15) is 11.5 Å². The van der Waals surface area contributed by atoms with E-state index in [1.807, 2.05) is 71.7 Å². The number of anilines is 1. The van der Waals surface area contributed by atoms with Gasteiger partial charge in [0, 0.05) is 16.5 Å². The molecular formula is C22H19BrN2O2. The summed E-state index contributed by atoms with van der Waals surface area (Å²) in [6.07, 6.45) is 0.700. The van der Waals surface area contributed by atoms with Crippen molar-refractivity contribution in [3.63, 3.8) is 0 Å². The van der Waals surface area contributed by atoms with Crippen LogP contribution in [0.15, 0.2) is 82.4 Å². The fourth-order valence-electron chi connectivity index (χ4n) is 3.32. The molecule has 1 N–H and O–H groups in total. The molecular weight excluding hydrogens is 404 g/mol. The van der Waals surface area contributed by atoms with Crippen molar-refractivity contribution in [2.24, 2.45) is 5.10 Å². The second kappa shape index (κ2) is 7.45. The Morgan fingerprint density at radius 2 is 1.78 bits per heavy atom. The summed E-state index contributed by atoms with van der Waals surface area (Å²) in [5, 5.41) is 17.4. The van der Waals surface area contributed by atoms with E-state index in [0.29, 0.717) is 6.42 Å². The van der Waals surface area contributed by atoms with Crippen molar-refractivity contribution in [1.29, 1.82) is 0 Å². The van der Waals surface area contributed by atoms with Gasteiger partial charge in [-0.2, -0.15) is 5.10 Å². The second-order valence-corrected chi connectivity index (χ2v) is 7.29. The molecule has 1 aliphatic heterocycles. The van der Waals surface area contributed by atoms with Gasteiger partial charge in [0.15, 0.2) is 0 Å². The first-order chi connectivity index (χ1) is 13.2. The zero-order valence-corrected chi connectivity index (χ0v) is 16.4. The molecule has 0 saturated heterocycles. The third-order valence-electron chi connectivity index (χ3n) is 4.70. The minimum absolute atomic E-state index is 0.0815. The van der Waals surface area contributed by atoms with E-state index < -0.39 is 0 Å². The molecule has 1 heterocycles. The summed E-state index contributed by atoms with van der Waals surface area (Å²) < 4.78 is 6.18. The van der Waals surface area contributed by atoms with Gasteiger partial charge in [0.2, 0.25) is 0 Å². The van der Waals surface area contributed by atoms with Gasteiger partial charge in [-0.15, -0.1) is 0 Å². The van der Waals surface area contributed by atoms with Crippen molar-refractivity contribution in [2.75, 3.05) is 12.1 Å². The predicted octanol–water partition coefficient (Wildman–Crippen LogP) is 5.52. The molecule has 3 aromatic carbocycles. The van der Waals surface area contributed by atoms with E-state index in [0.717, 1.165) is 32.7 Å². The van der Waals surface area contributed by atoms with Gasteiger partial charge in [0.25, 0.3) is 0 Å². The van der Waals surface area contributed by atoms with Crippen molar-refractivity contribution in [2.45, 2.75) is 12.5 Å². The summed E-state index contributed by atoms with van der Waals surface area (Å²) in [5.41, 5.74) is 3.87. The molecule has 1 aliphatic rings. The van der Waals surface area contributed by atoms with E-state index in [2.05, 4.69) is 15.9 Å². The van der Waals surface area contributed by atoms with Gasteiger partial charge in [0.05, 0.1) is 24.6 Å². The Hall–Kier alpha value is -2.79. The van der Waals surface area contributed by atoms with Crippen molar-refractivity contribution < 1.29 is 9.84 Å². The third kappa shape index (κ3) is 3.55. The molecule has 1 atom stereocenters. The van der Waals surface area contributed by atoms with Crippen LogP contribution in [0.3, 0.4) is 0 Å². The molecule has 4 nitrogen and oxygen atoms in total. The van der Waals surface area contributed by atoms with Gasteiger partial charge >= 0.3 is 0 Å². The number of hydrogen-bond donors (Lipinski definition) is 1. The van der Waals surface area contributed by atoms with Crippen LogP contribution in [0.1, 0.15) is 23.6 Å². The first kappa shape index (κ1) is 17.6. The molecule has 4 rings (SSSR count). The number of phenols is 1. The molecule has 0 spiro atoms. The van der Waals surface area contributed by atoms with E-state index in [9.17, 15) is 5.11 Å². The zero-order valence-electron chi connectivity index (χ0n) is 14.8. The third-order valence-corrected chi connectivity index (χ3v) is 5.20. The highest BCUT2D eigenvalue weighted by atomic mass is 79.9. The van der Waals surface area contributed by atoms with E-state index in [4.69, 9.17) is 9.84 Å². The second-order valence-electron chi connectivity index (χ2n) is 6.38. The van der Waals surface area contributed by atoms with Crippen LogP contribution in [0.5, 0.6) is 11.5 Å². The predicted molar refractivity (Wildman–Crippen MR) is 112 cm³/mol. The zero-order chi connectivity index (χ0) is 18.8. The number of halogens is 1.